The predicted molar refractivity (Wildman–Crippen MR) is 97.0 cm³/mol. The van der Waals surface area contributed by atoms with Gasteiger partial charge in [0.2, 0.25) is 5.91 Å². The zero-order chi connectivity index (χ0) is 19.8. The second-order valence-corrected chi connectivity index (χ2v) is 5.78. The molecule has 0 radical (unpaired) electrons. The summed E-state index contributed by atoms with van der Waals surface area (Å²) in [4.78, 5) is 36.7. The Morgan fingerprint density at radius 2 is 2.11 bits per heavy atom. The summed E-state index contributed by atoms with van der Waals surface area (Å²) in [6, 6.07) is 6.88. The van der Waals surface area contributed by atoms with E-state index < -0.39 is 5.97 Å². The van der Waals surface area contributed by atoms with Gasteiger partial charge in [0.05, 0.1) is 32.4 Å². The third-order valence-electron chi connectivity index (χ3n) is 3.80. The van der Waals surface area contributed by atoms with Crippen LogP contribution in [0.25, 0.3) is 0 Å². The molecular formula is C18H23N3O6. The van der Waals surface area contributed by atoms with Gasteiger partial charge in [-0.3, -0.25) is 9.59 Å². The van der Waals surface area contributed by atoms with Crippen molar-refractivity contribution in [3.8, 4) is 5.75 Å². The number of benzene rings is 1. The lowest BCUT2D eigenvalue weighted by Gasteiger charge is -2.15. The SMILES string of the molecule is COC(=O)C1=C(Nc2cccc(OCCNC(C)=O)c2)C(=O)N(CCO)C1. The summed E-state index contributed by atoms with van der Waals surface area (Å²) in [7, 11) is 1.25. The zero-order valence-electron chi connectivity index (χ0n) is 15.3. The standard InChI is InChI=1S/C18H23N3O6/c1-12(23)19-6-9-27-14-5-3-4-13(10-14)20-16-15(18(25)26-2)11-21(7-8-22)17(16)24/h3-5,10,20,22H,6-9,11H2,1-2H3,(H,19,23). The van der Waals surface area contributed by atoms with E-state index in [1.54, 1.807) is 24.3 Å². The number of methoxy groups -OCH3 is 1. The van der Waals surface area contributed by atoms with Gasteiger partial charge in [-0.25, -0.2) is 4.79 Å². The van der Waals surface area contributed by atoms with E-state index in [4.69, 9.17) is 14.6 Å². The molecule has 1 aliphatic rings. The lowest BCUT2D eigenvalue weighted by atomic mass is 10.2. The van der Waals surface area contributed by atoms with Crippen molar-refractivity contribution in [2.24, 2.45) is 0 Å². The Balaban J connectivity index is 2.11. The summed E-state index contributed by atoms with van der Waals surface area (Å²) >= 11 is 0. The van der Waals surface area contributed by atoms with Gasteiger partial charge in [-0.1, -0.05) is 6.07 Å². The highest BCUT2D eigenvalue weighted by Gasteiger charge is 2.34. The first-order chi connectivity index (χ1) is 13.0. The number of carbonyl (C=O) groups excluding carboxylic acids is 3. The third-order valence-corrected chi connectivity index (χ3v) is 3.80. The summed E-state index contributed by atoms with van der Waals surface area (Å²) in [5.74, 6) is -0.581. The number of ether oxygens (including phenoxy) is 2. The molecule has 2 rings (SSSR count). The largest absolute Gasteiger partial charge is 0.492 e. The van der Waals surface area contributed by atoms with Gasteiger partial charge in [0.1, 0.15) is 18.1 Å². The van der Waals surface area contributed by atoms with E-state index in [-0.39, 0.29) is 42.8 Å². The topological polar surface area (TPSA) is 117 Å². The van der Waals surface area contributed by atoms with E-state index in [0.29, 0.717) is 24.6 Å². The molecule has 2 amide bonds. The monoisotopic (exact) mass is 377 g/mol. The maximum atomic E-state index is 12.5. The van der Waals surface area contributed by atoms with Crippen LogP contribution in [0.2, 0.25) is 0 Å². The minimum atomic E-state index is -0.603. The van der Waals surface area contributed by atoms with Crippen LogP contribution < -0.4 is 15.4 Å². The normalized spacial score (nSPS) is 13.6. The summed E-state index contributed by atoms with van der Waals surface area (Å²) < 4.78 is 10.3. The van der Waals surface area contributed by atoms with Crippen LogP contribution in [0.15, 0.2) is 35.5 Å². The molecule has 1 heterocycles. The maximum Gasteiger partial charge on any atom is 0.337 e. The summed E-state index contributed by atoms with van der Waals surface area (Å²) in [6.07, 6.45) is 0. The van der Waals surface area contributed by atoms with E-state index in [1.165, 1.54) is 18.9 Å². The summed E-state index contributed by atoms with van der Waals surface area (Å²) in [5.41, 5.74) is 0.876. The van der Waals surface area contributed by atoms with Crippen LogP contribution in [0.1, 0.15) is 6.92 Å². The Morgan fingerprint density at radius 3 is 2.78 bits per heavy atom. The Labute approximate surface area is 156 Å². The number of nitrogens with one attached hydrogen (secondary N) is 2. The number of carbonyl (C=O) groups is 3. The molecule has 3 N–H and O–H groups in total. The summed E-state index contributed by atoms with van der Waals surface area (Å²) in [6.45, 7) is 2.08. The lowest BCUT2D eigenvalue weighted by molar-refractivity contribution is -0.136. The number of esters is 1. The predicted octanol–water partition coefficient (Wildman–Crippen LogP) is -0.125. The number of anilines is 1. The Morgan fingerprint density at radius 1 is 1.33 bits per heavy atom. The van der Waals surface area contributed by atoms with Gasteiger partial charge in [0, 0.05) is 25.2 Å². The molecule has 0 aromatic heterocycles. The highest BCUT2D eigenvalue weighted by molar-refractivity contribution is 6.08. The van der Waals surface area contributed by atoms with Crippen molar-refractivity contribution in [3.05, 3.63) is 35.5 Å². The molecule has 9 heteroatoms. The number of rotatable bonds is 9. The van der Waals surface area contributed by atoms with E-state index >= 15 is 0 Å². The first-order valence-electron chi connectivity index (χ1n) is 8.42. The van der Waals surface area contributed by atoms with E-state index in [1.807, 2.05) is 0 Å². The van der Waals surface area contributed by atoms with E-state index in [0.717, 1.165) is 0 Å². The molecule has 0 spiro atoms. The number of amides is 2. The molecule has 0 aliphatic carbocycles. The molecule has 0 unspecified atom stereocenters. The fourth-order valence-electron chi connectivity index (χ4n) is 2.55. The van der Waals surface area contributed by atoms with Gasteiger partial charge >= 0.3 is 5.97 Å². The van der Waals surface area contributed by atoms with Gasteiger partial charge in [0.15, 0.2) is 0 Å². The van der Waals surface area contributed by atoms with Crippen LogP contribution >= 0.6 is 0 Å². The van der Waals surface area contributed by atoms with Crippen molar-refractivity contribution < 1.29 is 29.0 Å². The van der Waals surface area contributed by atoms with Crippen molar-refractivity contribution in [1.29, 1.82) is 0 Å². The molecule has 9 nitrogen and oxygen atoms in total. The third kappa shape index (κ3) is 5.45. The van der Waals surface area contributed by atoms with Gasteiger partial charge in [-0.15, -0.1) is 0 Å². The van der Waals surface area contributed by atoms with Crippen LogP contribution in [-0.2, 0) is 19.1 Å². The molecule has 0 saturated carbocycles. The number of aliphatic hydroxyl groups is 1. The minimum absolute atomic E-state index is 0.0707. The van der Waals surface area contributed by atoms with Gasteiger partial charge < -0.3 is 30.1 Å². The fraction of sp³-hybridized carbons (Fsp3) is 0.389. The van der Waals surface area contributed by atoms with Crippen molar-refractivity contribution in [2.75, 3.05) is 45.3 Å². The molecule has 0 fully saturated rings. The van der Waals surface area contributed by atoms with Crippen molar-refractivity contribution in [1.82, 2.24) is 10.2 Å². The molecule has 0 bridgehead atoms. The molecule has 0 atom stereocenters. The smallest absolute Gasteiger partial charge is 0.337 e. The van der Waals surface area contributed by atoms with Gasteiger partial charge in [0.25, 0.3) is 5.91 Å². The Bertz CT molecular complexity index is 746. The fourth-order valence-corrected chi connectivity index (χ4v) is 2.55. The average Bonchev–Trinajstić information content (AvgIpc) is 2.95. The van der Waals surface area contributed by atoms with Gasteiger partial charge in [-0.05, 0) is 12.1 Å². The number of hydrogen-bond donors (Lipinski definition) is 3. The molecule has 27 heavy (non-hydrogen) atoms. The molecule has 146 valence electrons. The molecule has 0 saturated heterocycles. The second kappa shape index (κ2) is 9.58. The average molecular weight is 377 g/mol. The molecule has 1 aliphatic heterocycles. The number of β-amino-alcohol motifs (C(OH)–C–C–N with tert-alkyl or cyclic N) is 1. The van der Waals surface area contributed by atoms with Crippen LogP contribution in [0.5, 0.6) is 5.75 Å². The highest BCUT2D eigenvalue weighted by Crippen LogP contribution is 2.24. The number of aliphatic hydroxyl groups excluding tert-OH is 1. The van der Waals surface area contributed by atoms with E-state index in [9.17, 15) is 14.4 Å². The highest BCUT2D eigenvalue weighted by atomic mass is 16.5. The van der Waals surface area contributed by atoms with Crippen molar-refractivity contribution in [2.45, 2.75) is 6.92 Å². The lowest BCUT2D eigenvalue weighted by Crippen LogP contribution is -2.31. The van der Waals surface area contributed by atoms with Crippen LogP contribution in [-0.4, -0.2) is 67.7 Å². The maximum absolute atomic E-state index is 12.5. The zero-order valence-corrected chi connectivity index (χ0v) is 15.3. The van der Waals surface area contributed by atoms with Crippen molar-refractivity contribution >= 4 is 23.5 Å². The van der Waals surface area contributed by atoms with E-state index in [2.05, 4.69) is 10.6 Å². The number of hydrogen-bond acceptors (Lipinski definition) is 7. The van der Waals surface area contributed by atoms with Gasteiger partial charge in [-0.2, -0.15) is 0 Å². The Kier molecular flexibility index (Phi) is 7.18. The summed E-state index contributed by atoms with van der Waals surface area (Å²) in [5, 5.41) is 14.7. The van der Waals surface area contributed by atoms with Crippen LogP contribution in [0, 0.1) is 0 Å². The first kappa shape index (κ1) is 20.2. The second-order valence-electron chi connectivity index (χ2n) is 5.78. The molecule has 1 aromatic carbocycles. The van der Waals surface area contributed by atoms with Crippen molar-refractivity contribution in [3.63, 3.8) is 0 Å². The minimum Gasteiger partial charge on any atom is -0.492 e. The quantitative estimate of drug-likeness (QED) is 0.405. The van der Waals surface area contributed by atoms with Crippen LogP contribution in [0.3, 0.4) is 0 Å². The number of nitrogens with zero attached hydrogens (tertiary/aromatic N) is 1. The van der Waals surface area contributed by atoms with Crippen LogP contribution in [0.4, 0.5) is 5.69 Å². The molecular weight excluding hydrogens is 354 g/mol. The molecule has 1 aromatic rings. The first-order valence-corrected chi connectivity index (χ1v) is 8.42. The Hall–Kier alpha value is -3.07.